The summed E-state index contributed by atoms with van der Waals surface area (Å²) in [6, 6.07) is 20.7. The highest BCUT2D eigenvalue weighted by Crippen LogP contribution is 2.38. The Morgan fingerprint density at radius 3 is 1.80 bits per heavy atom. The summed E-state index contributed by atoms with van der Waals surface area (Å²) in [7, 11) is 0. The molecule has 2 heteroatoms. The van der Waals surface area contributed by atoms with Crippen molar-refractivity contribution >= 4 is 5.90 Å². The first kappa shape index (κ1) is 12.9. The Morgan fingerprint density at radius 2 is 1.40 bits per heavy atom. The Balaban J connectivity index is 2.07. The Morgan fingerprint density at radius 1 is 0.900 bits per heavy atom. The third-order valence-corrected chi connectivity index (χ3v) is 3.71. The van der Waals surface area contributed by atoms with Crippen LogP contribution in [0.25, 0.3) is 0 Å². The molecule has 0 saturated heterocycles. The van der Waals surface area contributed by atoms with Crippen LogP contribution in [0.4, 0.5) is 0 Å². The number of benzene rings is 2. The van der Waals surface area contributed by atoms with E-state index in [1.165, 1.54) is 0 Å². The number of ether oxygens (including phenoxy) is 1. The summed E-state index contributed by atoms with van der Waals surface area (Å²) in [5, 5.41) is 0. The predicted molar refractivity (Wildman–Crippen MR) is 81.9 cm³/mol. The van der Waals surface area contributed by atoms with E-state index in [0.29, 0.717) is 12.5 Å². The summed E-state index contributed by atoms with van der Waals surface area (Å²) in [6.07, 6.45) is 0. The maximum Gasteiger partial charge on any atom is 0.187 e. The second-order valence-corrected chi connectivity index (χ2v) is 5.47. The first-order valence-electron chi connectivity index (χ1n) is 7.07. The van der Waals surface area contributed by atoms with Gasteiger partial charge in [-0.3, -0.25) is 4.99 Å². The minimum Gasteiger partial charge on any atom is -0.463 e. The molecule has 2 aromatic carbocycles. The Kier molecular flexibility index (Phi) is 3.31. The normalized spacial score (nSPS) is 16.9. The molecule has 0 atom stereocenters. The van der Waals surface area contributed by atoms with Crippen LogP contribution in [-0.2, 0) is 10.3 Å². The molecule has 0 N–H and O–H groups in total. The van der Waals surface area contributed by atoms with Crippen LogP contribution in [0.5, 0.6) is 0 Å². The van der Waals surface area contributed by atoms with Gasteiger partial charge >= 0.3 is 0 Å². The Bertz CT molecular complexity index is 562. The molecule has 1 aliphatic heterocycles. The molecule has 2 aromatic rings. The predicted octanol–water partition coefficient (Wildman–Crippen LogP) is 4.01. The quantitative estimate of drug-likeness (QED) is 0.821. The summed E-state index contributed by atoms with van der Waals surface area (Å²) < 4.78 is 6.33. The van der Waals surface area contributed by atoms with Crippen molar-refractivity contribution in [2.75, 3.05) is 6.54 Å². The van der Waals surface area contributed by atoms with Crippen molar-refractivity contribution in [2.24, 2.45) is 10.9 Å². The monoisotopic (exact) mass is 265 g/mol. The maximum atomic E-state index is 6.33. The molecule has 0 unspecified atom stereocenters. The first-order chi connectivity index (χ1) is 9.72. The summed E-state index contributed by atoms with van der Waals surface area (Å²) >= 11 is 0. The van der Waals surface area contributed by atoms with Gasteiger partial charge in [-0.15, -0.1) is 0 Å². The molecule has 0 bridgehead atoms. The van der Waals surface area contributed by atoms with Crippen molar-refractivity contribution in [3.63, 3.8) is 0 Å². The van der Waals surface area contributed by atoms with E-state index in [-0.39, 0.29) is 0 Å². The lowest BCUT2D eigenvalue weighted by molar-refractivity contribution is 0.124. The number of hydrogen-bond acceptors (Lipinski definition) is 2. The van der Waals surface area contributed by atoms with Crippen LogP contribution in [0, 0.1) is 5.92 Å². The van der Waals surface area contributed by atoms with Crippen molar-refractivity contribution in [1.82, 2.24) is 0 Å². The Hall–Kier alpha value is -2.09. The van der Waals surface area contributed by atoms with E-state index >= 15 is 0 Å². The van der Waals surface area contributed by atoms with E-state index in [9.17, 15) is 0 Å². The highest BCUT2D eigenvalue weighted by molar-refractivity contribution is 5.81. The molecule has 0 spiro atoms. The van der Waals surface area contributed by atoms with Crippen molar-refractivity contribution < 1.29 is 4.74 Å². The van der Waals surface area contributed by atoms with Crippen molar-refractivity contribution in [3.05, 3.63) is 71.8 Å². The van der Waals surface area contributed by atoms with Crippen LogP contribution in [0.1, 0.15) is 25.0 Å². The molecule has 0 amide bonds. The van der Waals surface area contributed by atoms with E-state index in [1.54, 1.807) is 0 Å². The van der Waals surface area contributed by atoms with Crippen LogP contribution in [0.15, 0.2) is 65.7 Å². The minimum atomic E-state index is -0.470. The third-order valence-electron chi connectivity index (χ3n) is 3.71. The molecular weight excluding hydrogens is 246 g/mol. The van der Waals surface area contributed by atoms with Crippen molar-refractivity contribution in [3.8, 4) is 0 Å². The van der Waals surface area contributed by atoms with Gasteiger partial charge < -0.3 is 4.74 Å². The largest absolute Gasteiger partial charge is 0.463 e. The van der Waals surface area contributed by atoms with Gasteiger partial charge in [-0.25, -0.2) is 0 Å². The lowest BCUT2D eigenvalue weighted by Gasteiger charge is -2.30. The average molecular weight is 265 g/mol. The standard InChI is InChI=1S/C18H19NO/c1-14(2)17-19-13-18(20-17,15-9-5-3-6-10-15)16-11-7-4-8-12-16/h3-12,14H,13H2,1-2H3. The third kappa shape index (κ3) is 2.11. The zero-order chi connectivity index (χ0) is 14.0. The number of hydrogen-bond donors (Lipinski definition) is 0. The van der Waals surface area contributed by atoms with Crippen LogP contribution < -0.4 is 0 Å². The smallest absolute Gasteiger partial charge is 0.187 e. The first-order valence-corrected chi connectivity index (χ1v) is 7.07. The van der Waals surface area contributed by atoms with Crippen molar-refractivity contribution in [2.45, 2.75) is 19.4 Å². The molecule has 0 radical (unpaired) electrons. The molecule has 1 heterocycles. The lowest BCUT2D eigenvalue weighted by Crippen LogP contribution is -2.32. The maximum absolute atomic E-state index is 6.33. The van der Waals surface area contributed by atoms with E-state index < -0.39 is 5.60 Å². The van der Waals surface area contributed by atoms with Crippen molar-refractivity contribution in [1.29, 1.82) is 0 Å². The van der Waals surface area contributed by atoms with Gasteiger partial charge in [0, 0.05) is 17.0 Å². The Labute approximate surface area is 120 Å². The van der Waals surface area contributed by atoms with Gasteiger partial charge in [-0.1, -0.05) is 74.5 Å². The average Bonchev–Trinajstić information content (AvgIpc) is 2.96. The highest BCUT2D eigenvalue weighted by Gasteiger charge is 2.41. The van der Waals surface area contributed by atoms with Gasteiger partial charge in [0.05, 0.1) is 6.54 Å². The van der Waals surface area contributed by atoms with E-state index in [1.807, 2.05) is 12.1 Å². The fourth-order valence-electron chi connectivity index (χ4n) is 2.61. The molecule has 0 saturated carbocycles. The van der Waals surface area contributed by atoms with Gasteiger partial charge in [0.25, 0.3) is 0 Å². The molecule has 3 rings (SSSR count). The second-order valence-electron chi connectivity index (χ2n) is 5.47. The van der Waals surface area contributed by atoms with E-state index in [4.69, 9.17) is 4.74 Å². The molecule has 102 valence electrons. The summed E-state index contributed by atoms with van der Waals surface area (Å²) in [5.41, 5.74) is 1.85. The number of rotatable bonds is 3. The van der Waals surface area contributed by atoms with Crippen LogP contribution in [-0.4, -0.2) is 12.4 Å². The minimum absolute atomic E-state index is 0.310. The summed E-state index contributed by atoms with van der Waals surface area (Å²) in [6.45, 7) is 4.88. The zero-order valence-corrected chi connectivity index (χ0v) is 11.9. The topological polar surface area (TPSA) is 21.6 Å². The molecule has 2 nitrogen and oxygen atoms in total. The molecule has 0 aromatic heterocycles. The van der Waals surface area contributed by atoms with E-state index in [0.717, 1.165) is 17.0 Å². The highest BCUT2D eigenvalue weighted by atomic mass is 16.5. The molecular formula is C18H19NO. The fraction of sp³-hybridized carbons (Fsp3) is 0.278. The van der Waals surface area contributed by atoms with Gasteiger partial charge in [-0.2, -0.15) is 0 Å². The summed E-state index contributed by atoms with van der Waals surface area (Å²) in [5.74, 6) is 1.15. The number of nitrogens with zero attached hydrogens (tertiary/aromatic N) is 1. The van der Waals surface area contributed by atoms with Gasteiger partial charge in [0.1, 0.15) is 0 Å². The van der Waals surface area contributed by atoms with Crippen LogP contribution in [0.3, 0.4) is 0 Å². The fourth-order valence-corrected chi connectivity index (χ4v) is 2.61. The zero-order valence-electron chi connectivity index (χ0n) is 11.9. The molecule has 1 aliphatic rings. The lowest BCUT2D eigenvalue weighted by atomic mass is 9.86. The van der Waals surface area contributed by atoms with E-state index in [2.05, 4.69) is 67.4 Å². The SMILES string of the molecule is CC(C)C1=NCC(c2ccccc2)(c2ccccc2)O1. The van der Waals surface area contributed by atoms with Gasteiger partial charge in [0.2, 0.25) is 0 Å². The van der Waals surface area contributed by atoms with Gasteiger partial charge in [-0.05, 0) is 0 Å². The molecule has 0 aliphatic carbocycles. The summed E-state index contributed by atoms with van der Waals surface area (Å²) in [4.78, 5) is 4.64. The second kappa shape index (κ2) is 5.12. The molecule has 0 fully saturated rings. The van der Waals surface area contributed by atoms with Crippen LogP contribution >= 0.6 is 0 Å². The van der Waals surface area contributed by atoms with Crippen LogP contribution in [0.2, 0.25) is 0 Å². The molecule has 20 heavy (non-hydrogen) atoms. The van der Waals surface area contributed by atoms with Gasteiger partial charge in [0.15, 0.2) is 11.5 Å². The number of aliphatic imine (C=N–C) groups is 1.